The van der Waals surface area contributed by atoms with Gasteiger partial charge in [-0.1, -0.05) is 17.3 Å². The van der Waals surface area contributed by atoms with E-state index in [0.29, 0.717) is 12.1 Å². The normalized spacial score (nSPS) is 14.0. The molecule has 0 unspecified atom stereocenters. The van der Waals surface area contributed by atoms with Gasteiger partial charge in [0.25, 0.3) is 5.89 Å². The lowest BCUT2D eigenvalue weighted by Gasteiger charge is -2.34. The number of aldehydes is 1. The van der Waals surface area contributed by atoms with E-state index in [2.05, 4.69) is 54.5 Å². The molecule has 1 fully saturated rings. The second-order valence-corrected chi connectivity index (χ2v) is 8.16. The van der Waals surface area contributed by atoms with E-state index in [0.717, 1.165) is 49.4 Å². The smallest absolute Gasteiger partial charge is 0.314 e. The number of hydrogen-bond acceptors (Lipinski definition) is 9. The van der Waals surface area contributed by atoms with Crippen molar-refractivity contribution in [3.8, 4) is 22.7 Å². The molecule has 1 aromatic carbocycles. The fourth-order valence-electron chi connectivity index (χ4n) is 3.68. The summed E-state index contributed by atoms with van der Waals surface area (Å²) in [6.45, 7) is 5.96. The number of hydrogen-bond donors (Lipinski definition) is 0. The van der Waals surface area contributed by atoms with Crippen molar-refractivity contribution >= 4 is 12.0 Å². The quantitative estimate of drug-likeness (QED) is 0.372. The van der Waals surface area contributed by atoms with Crippen LogP contribution >= 0.6 is 0 Å². The Hall–Kier alpha value is -4.06. The lowest BCUT2D eigenvalue weighted by Crippen LogP contribution is -2.44. The highest BCUT2D eigenvalue weighted by Gasteiger charge is 2.18. The minimum absolute atomic E-state index is 0.00706. The van der Waals surface area contributed by atoms with Gasteiger partial charge in [-0.2, -0.15) is 8.78 Å². The molecule has 10 nitrogen and oxygen atoms in total. The molecule has 1 aliphatic heterocycles. The average molecular weight is 497 g/mol. The van der Waals surface area contributed by atoms with E-state index in [1.807, 2.05) is 18.3 Å². The Labute approximate surface area is 206 Å². The van der Waals surface area contributed by atoms with Gasteiger partial charge in [-0.15, -0.1) is 15.3 Å². The lowest BCUT2D eigenvalue weighted by atomic mass is 10.1. The fourth-order valence-corrected chi connectivity index (χ4v) is 3.68. The maximum absolute atomic E-state index is 12.6. The van der Waals surface area contributed by atoms with Crippen LogP contribution in [0.1, 0.15) is 24.9 Å². The number of benzene rings is 1. The van der Waals surface area contributed by atoms with Crippen molar-refractivity contribution in [3.63, 3.8) is 0 Å². The third kappa shape index (κ3) is 6.13. The molecule has 36 heavy (non-hydrogen) atoms. The van der Waals surface area contributed by atoms with E-state index >= 15 is 0 Å². The van der Waals surface area contributed by atoms with E-state index in [1.165, 1.54) is 18.8 Å². The van der Waals surface area contributed by atoms with Crippen LogP contribution in [0.5, 0.6) is 0 Å². The van der Waals surface area contributed by atoms with Gasteiger partial charge in [0.1, 0.15) is 12.0 Å². The molecule has 12 heteroatoms. The molecule has 3 aromatic heterocycles. The van der Waals surface area contributed by atoms with Gasteiger partial charge in [0.2, 0.25) is 5.89 Å². The van der Waals surface area contributed by atoms with Crippen molar-refractivity contribution in [1.29, 1.82) is 0 Å². The zero-order valence-electron chi connectivity index (χ0n) is 20.0. The summed E-state index contributed by atoms with van der Waals surface area (Å²) in [5.74, 6) is -0.700. The number of carbonyl (C=O) groups excluding carboxylic acids is 1. The summed E-state index contributed by atoms with van der Waals surface area (Å²) in [5.41, 5.74) is 4.18. The number of anilines is 1. The van der Waals surface area contributed by atoms with Gasteiger partial charge in [0, 0.05) is 43.6 Å². The highest BCUT2D eigenvalue weighted by atomic mass is 19.3. The fraction of sp³-hybridized carbons (Fsp3) is 0.333. The van der Waals surface area contributed by atoms with Crippen molar-refractivity contribution < 1.29 is 18.0 Å². The van der Waals surface area contributed by atoms with E-state index < -0.39 is 12.3 Å². The molecule has 1 aliphatic rings. The zero-order valence-corrected chi connectivity index (χ0v) is 20.0. The first-order chi connectivity index (χ1) is 17.5. The number of pyridine rings is 1. The Morgan fingerprint density at radius 1 is 1.06 bits per heavy atom. The van der Waals surface area contributed by atoms with Crippen LogP contribution < -0.4 is 4.90 Å². The van der Waals surface area contributed by atoms with E-state index in [9.17, 15) is 8.78 Å². The van der Waals surface area contributed by atoms with Crippen molar-refractivity contribution in [3.05, 3.63) is 60.4 Å². The van der Waals surface area contributed by atoms with E-state index in [4.69, 9.17) is 9.21 Å². The van der Waals surface area contributed by atoms with Crippen LogP contribution in [0.3, 0.4) is 0 Å². The molecule has 0 saturated carbocycles. The first kappa shape index (κ1) is 25.0. The summed E-state index contributed by atoms with van der Waals surface area (Å²) in [6, 6.07) is 11.8. The van der Waals surface area contributed by atoms with Crippen LogP contribution in [0.2, 0.25) is 0 Å². The second kappa shape index (κ2) is 11.6. The molecule has 0 N–H and O–H groups in total. The van der Waals surface area contributed by atoms with Crippen LogP contribution in [0.4, 0.5) is 14.5 Å². The topological polar surface area (TPSA) is 106 Å². The molecule has 4 aromatic rings. The van der Waals surface area contributed by atoms with Gasteiger partial charge in [-0.25, -0.2) is 4.68 Å². The summed E-state index contributed by atoms with van der Waals surface area (Å²) < 4.78 is 31.9. The molecule has 1 saturated heterocycles. The van der Waals surface area contributed by atoms with Gasteiger partial charge >= 0.3 is 6.43 Å². The molecular formula is C24H26F2N8O2. The Morgan fingerprint density at radius 2 is 1.83 bits per heavy atom. The third-order valence-electron chi connectivity index (χ3n) is 5.57. The van der Waals surface area contributed by atoms with Crippen molar-refractivity contribution in [2.75, 3.05) is 38.1 Å². The molecule has 0 radical (unpaired) electrons. The standard InChI is InChI=1S/C22H22F2N8O.C2H4O/c1-30-7-9-31(10-8-30)18-4-2-3-15(11-18)19-14-32(29-26-19)13-17-6-5-16(12-25-17)21-27-28-22(33-21)20(23)24;1-2-3/h2-6,11-12,14,20H,7-10,13H2,1H3;2H,1H3. The third-order valence-corrected chi connectivity index (χ3v) is 5.57. The molecule has 188 valence electrons. The van der Waals surface area contributed by atoms with Crippen molar-refractivity contribution in [1.82, 2.24) is 35.1 Å². The Morgan fingerprint density at radius 3 is 2.50 bits per heavy atom. The van der Waals surface area contributed by atoms with Gasteiger partial charge in [-0.05, 0) is 38.2 Å². The molecule has 5 rings (SSSR count). The number of alkyl halides is 2. The number of likely N-dealkylation sites (N-methyl/N-ethyl adjacent to an activating group) is 1. The van der Waals surface area contributed by atoms with Crippen LogP contribution in [0.15, 0.2) is 53.2 Å². The average Bonchev–Trinajstić information content (AvgIpc) is 3.56. The first-order valence-corrected chi connectivity index (χ1v) is 11.4. The van der Waals surface area contributed by atoms with Crippen molar-refractivity contribution in [2.45, 2.75) is 19.9 Å². The minimum Gasteiger partial charge on any atom is -0.415 e. The van der Waals surface area contributed by atoms with Crippen LogP contribution in [-0.2, 0) is 11.3 Å². The van der Waals surface area contributed by atoms with Gasteiger partial charge in [-0.3, -0.25) is 4.98 Å². The maximum Gasteiger partial charge on any atom is 0.314 e. The van der Waals surface area contributed by atoms with Gasteiger partial charge in [0.15, 0.2) is 0 Å². The monoisotopic (exact) mass is 496 g/mol. The summed E-state index contributed by atoms with van der Waals surface area (Å²) in [6.07, 6.45) is 1.34. The molecule has 0 spiro atoms. The SMILES string of the molecule is CC=O.CN1CCN(c2cccc(-c3cn(Cc4ccc(-c5nnc(C(F)F)o5)cn4)nn3)c2)CC1. The zero-order chi connectivity index (χ0) is 25.5. The minimum atomic E-state index is -2.80. The number of halogens is 2. The summed E-state index contributed by atoms with van der Waals surface area (Å²) >= 11 is 0. The number of rotatable bonds is 6. The largest absolute Gasteiger partial charge is 0.415 e. The number of piperazine rings is 1. The predicted octanol–water partition coefficient (Wildman–Crippen LogP) is 3.33. The Balaban J connectivity index is 0.000000967. The summed E-state index contributed by atoms with van der Waals surface area (Å²) in [4.78, 5) is 17.9. The number of aromatic nitrogens is 6. The molecule has 0 atom stereocenters. The van der Waals surface area contributed by atoms with Crippen LogP contribution in [0, 0.1) is 0 Å². The number of carbonyl (C=O) groups is 1. The Kier molecular flexibility index (Phi) is 8.06. The first-order valence-electron chi connectivity index (χ1n) is 11.4. The summed E-state index contributed by atoms with van der Waals surface area (Å²) in [7, 11) is 2.14. The lowest BCUT2D eigenvalue weighted by molar-refractivity contribution is -0.106. The van der Waals surface area contributed by atoms with Crippen molar-refractivity contribution in [2.24, 2.45) is 0 Å². The van der Waals surface area contributed by atoms with E-state index in [1.54, 1.807) is 16.8 Å². The summed E-state index contributed by atoms with van der Waals surface area (Å²) in [5, 5.41) is 15.5. The van der Waals surface area contributed by atoms with E-state index in [-0.39, 0.29) is 5.89 Å². The maximum atomic E-state index is 12.6. The predicted molar refractivity (Wildman–Crippen MR) is 128 cm³/mol. The number of nitrogens with zero attached hydrogens (tertiary/aromatic N) is 8. The molecular weight excluding hydrogens is 470 g/mol. The van der Waals surface area contributed by atoms with Gasteiger partial charge < -0.3 is 19.0 Å². The highest BCUT2D eigenvalue weighted by Crippen LogP contribution is 2.25. The van der Waals surface area contributed by atoms with Crippen LogP contribution in [0.25, 0.3) is 22.7 Å². The molecule has 0 amide bonds. The molecule has 0 bridgehead atoms. The van der Waals surface area contributed by atoms with Gasteiger partial charge in [0.05, 0.1) is 24.0 Å². The Bertz CT molecular complexity index is 1270. The van der Waals surface area contributed by atoms with Crippen LogP contribution in [-0.4, -0.2) is 74.6 Å². The second-order valence-electron chi connectivity index (χ2n) is 8.16. The highest BCUT2D eigenvalue weighted by molar-refractivity contribution is 5.65. The molecule has 4 heterocycles. The molecule has 0 aliphatic carbocycles.